The molecule has 1 saturated carbocycles. The lowest BCUT2D eigenvalue weighted by atomic mass is 9.95. The van der Waals surface area contributed by atoms with Crippen molar-refractivity contribution in [3.8, 4) is 0 Å². The van der Waals surface area contributed by atoms with E-state index in [4.69, 9.17) is 5.73 Å². The molecule has 2 saturated heterocycles. The minimum absolute atomic E-state index is 0.140. The summed E-state index contributed by atoms with van der Waals surface area (Å²) in [4.78, 5) is 52.8. The number of piperidine rings is 2. The Labute approximate surface area is 165 Å². The Balaban J connectivity index is 1.54. The molecule has 0 radical (unpaired) electrons. The Morgan fingerprint density at radius 2 is 1.83 bits per heavy atom. The summed E-state index contributed by atoms with van der Waals surface area (Å²) in [6.07, 6.45) is 3.13. The molecular formula is C19H22F2N4O4. The number of fused-ring (bicyclic) bond motifs is 1. The smallest absolute Gasteiger partial charge is 0.321 e. The maximum atomic E-state index is 13.1. The van der Waals surface area contributed by atoms with Crippen LogP contribution in [0.3, 0.4) is 0 Å². The van der Waals surface area contributed by atoms with Gasteiger partial charge in [0.25, 0.3) is 11.5 Å². The zero-order valence-electron chi connectivity index (χ0n) is 15.7. The highest BCUT2D eigenvalue weighted by Crippen LogP contribution is 2.48. The van der Waals surface area contributed by atoms with Gasteiger partial charge in [-0.25, -0.2) is 0 Å². The van der Waals surface area contributed by atoms with Gasteiger partial charge in [0.15, 0.2) is 0 Å². The number of hydrogen-bond donors (Lipinski definition) is 1. The van der Waals surface area contributed by atoms with Gasteiger partial charge in [0, 0.05) is 31.2 Å². The first kappa shape index (κ1) is 19.5. The van der Waals surface area contributed by atoms with Crippen LogP contribution in [-0.4, -0.2) is 57.3 Å². The van der Waals surface area contributed by atoms with E-state index < -0.39 is 24.1 Å². The first-order valence-electron chi connectivity index (χ1n) is 9.69. The number of pyridine rings is 1. The van der Waals surface area contributed by atoms with Gasteiger partial charge in [-0.2, -0.15) is 8.78 Å². The Kier molecular flexibility index (Phi) is 4.87. The number of alkyl halides is 2. The van der Waals surface area contributed by atoms with Crippen LogP contribution in [0.5, 0.6) is 0 Å². The largest absolute Gasteiger partial charge is 0.369 e. The molecule has 2 aliphatic heterocycles. The van der Waals surface area contributed by atoms with Crippen LogP contribution in [0.4, 0.5) is 8.78 Å². The third-order valence-electron chi connectivity index (χ3n) is 6.25. The molecule has 10 heteroatoms. The second-order valence-electron chi connectivity index (χ2n) is 7.94. The van der Waals surface area contributed by atoms with E-state index in [0.29, 0.717) is 32.4 Å². The van der Waals surface area contributed by atoms with Crippen molar-refractivity contribution < 1.29 is 23.2 Å². The van der Waals surface area contributed by atoms with Crippen LogP contribution in [-0.2, 0) is 9.59 Å². The zero-order chi connectivity index (χ0) is 20.9. The minimum atomic E-state index is -3.05. The number of nitrogens with two attached hydrogens (primary N) is 1. The van der Waals surface area contributed by atoms with Crippen LogP contribution in [0.2, 0.25) is 0 Å². The lowest BCUT2D eigenvalue weighted by Crippen LogP contribution is -2.52. The fourth-order valence-corrected chi connectivity index (χ4v) is 4.53. The molecular weight excluding hydrogens is 386 g/mol. The second kappa shape index (κ2) is 7.23. The van der Waals surface area contributed by atoms with Gasteiger partial charge >= 0.3 is 6.55 Å². The standard InChI is InChI=1S/C19H22F2N4O4/c20-19(21)24-5-1-2-12(16(24)27)17(28)25-13-8-11(13)9-14(25)18(29)23-6-3-10(4-7-23)15(22)26/h1-2,5,10-11,13-14,19H,3-4,6-9H2,(H2,22,26)/t11-,13-,14+/m1/s1. The number of nitrogens with zero attached hydrogens (tertiary/aromatic N) is 3. The fourth-order valence-electron chi connectivity index (χ4n) is 4.53. The molecule has 3 fully saturated rings. The molecule has 2 N–H and O–H groups in total. The number of rotatable bonds is 4. The highest BCUT2D eigenvalue weighted by atomic mass is 19.3. The molecule has 4 rings (SSSR count). The number of hydrogen-bond acceptors (Lipinski definition) is 4. The van der Waals surface area contributed by atoms with Crippen LogP contribution in [0.25, 0.3) is 0 Å². The van der Waals surface area contributed by atoms with Crippen molar-refractivity contribution in [2.45, 2.75) is 44.3 Å². The summed E-state index contributed by atoms with van der Waals surface area (Å²) in [7, 11) is 0. The monoisotopic (exact) mass is 408 g/mol. The van der Waals surface area contributed by atoms with E-state index in [2.05, 4.69) is 0 Å². The molecule has 0 aromatic carbocycles. The van der Waals surface area contributed by atoms with E-state index in [9.17, 15) is 28.0 Å². The van der Waals surface area contributed by atoms with Crippen LogP contribution < -0.4 is 11.3 Å². The average Bonchev–Trinajstić information content (AvgIpc) is 3.36. The van der Waals surface area contributed by atoms with Crippen LogP contribution in [0.15, 0.2) is 23.1 Å². The molecule has 156 valence electrons. The van der Waals surface area contributed by atoms with Crippen molar-refractivity contribution in [2.24, 2.45) is 17.6 Å². The summed E-state index contributed by atoms with van der Waals surface area (Å²) in [5.41, 5.74) is 3.91. The van der Waals surface area contributed by atoms with Crippen LogP contribution >= 0.6 is 0 Å². The molecule has 3 atom stereocenters. The van der Waals surface area contributed by atoms with Gasteiger partial charge < -0.3 is 15.5 Å². The van der Waals surface area contributed by atoms with Gasteiger partial charge in [0.1, 0.15) is 11.6 Å². The minimum Gasteiger partial charge on any atom is -0.369 e. The first-order valence-corrected chi connectivity index (χ1v) is 9.69. The van der Waals surface area contributed by atoms with E-state index in [-0.39, 0.29) is 39.8 Å². The summed E-state index contributed by atoms with van der Waals surface area (Å²) in [6.45, 7) is -2.29. The third kappa shape index (κ3) is 3.40. The number of amides is 3. The van der Waals surface area contributed by atoms with E-state index in [1.165, 1.54) is 17.0 Å². The van der Waals surface area contributed by atoms with Gasteiger partial charge in [-0.1, -0.05) is 0 Å². The number of aromatic nitrogens is 1. The van der Waals surface area contributed by atoms with Crippen molar-refractivity contribution in [3.05, 3.63) is 34.2 Å². The van der Waals surface area contributed by atoms with Gasteiger partial charge in [0.05, 0.1) is 0 Å². The normalized spacial score (nSPS) is 26.5. The molecule has 0 spiro atoms. The van der Waals surface area contributed by atoms with E-state index >= 15 is 0 Å². The lowest BCUT2D eigenvalue weighted by molar-refractivity contribution is -0.138. The number of halogens is 2. The fraction of sp³-hybridized carbons (Fsp3) is 0.579. The highest BCUT2D eigenvalue weighted by Gasteiger charge is 2.57. The molecule has 3 aliphatic rings. The Morgan fingerprint density at radius 1 is 1.14 bits per heavy atom. The number of primary amides is 1. The SMILES string of the molecule is NC(=O)C1CCN(C(=O)[C@@H]2C[C@H]3C[C@H]3N2C(=O)c2cccn(C(F)F)c2=O)CC1. The van der Waals surface area contributed by atoms with Gasteiger partial charge in [0.2, 0.25) is 11.8 Å². The summed E-state index contributed by atoms with van der Waals surface area (Å²) >= 11 is 0. The van der Waals surface area contributed by atoms with Gasteiger partial charge in [-0.3, -0.25) is 23.7 Å². The lowest BCUT2D eigenvalue weighted by Gasteiger charge is -2.35. The van der Waals surface area contributed by atoms with Crippen molar-refractivity contribution in [3.63, 3.8) is 0 Å². The maximum absolute atomic E-state index is 13.1. The summed E-state index contributed by atoms with van der Waals surface area (Å²) in [6, 6.07) is 1.60. The Hall–Kier alpha value is -2.78. The van der Waals surface area contributed by atoms with E-state index in [1.807, 2.05) is 0 Å². The predicted octanol–water partition coefficient (Wildman–Crippen LogP) is 0.570. The summed E-state index contributed by atoms with van der Waals surface area (Å²) in [5.74, 6) is -1.35. The molecule has 3 heterocycles. The Morgan fingerprint density at radius 3 is 2.45 bits per heavy atom. The van der Waals surface area contributed by atoms with Crippen LogP contribution in [0.1, 0.15) is 42.6 Å². The van der Waals surface area contributed by atoms with Gasteiger partial charge in [-0.15, -0.1) is 0 Å². The predicted molar refractivity (Wildman–Crippen MR) is 96.9 cm³/mol. The van der Waals surface area contributed by atoms with Crippen molar-refractivity contribution in [1.29, 1.82) is 0 Å². The van der Waals surface area contributed by atoms with E-state index in [0.717, 1.165) is 12.6 Å². The van der Waals surface area contributed by atoms with E-state index in [1.54, 1.807) is 4.90 Å². The molecule has 3 amide bonds. The molecule has 0 bridgehead atoms. The maximum Gasteiger partial charge on any atom is 0.321 e. The topological polar surface area (TPSA) is 106 Å². The molecule has 0 unspecified atom stereocenters. The summed E-state index contributed by atoms with van der Waals surface area (Å²) < 4.78 is 26.2. The zero-order valence-corrected chi connectivity index (χ0v) is 15.7. The van der Waals surface area contributed by atoms with Crippen LogP contribution in [0, 0.1) is 11.8 Å². The van der Waals surface area contributed by atoms with Crippen molar-refractivity contribution >= 4 is 17.7 Å². The third-order valence-corrected chi connectivity index (χ3v) is 6.25. The average molecular weight is 408 g/mol. The molecule has 29 heavy (non-hydrogen) atoms. The summed E-state index contributed by atoms with van der Waals surface area (Å²) in [5, 5.41) is 0. The van der Waals surface area contributed by atoms with Crippen molar-refractivity contribution in [2.75, 3.05) is 13.1 Å². The molecule has 1 aromatic heterocycles. The Bertz CT molecular complexity index is 910. The molecule has 1 aromatic rings. The highest BCUT2D eigenvalue weighted by molar-refractivity contribution is 5.98. The number of carbonyl (C=O) groups excluding carboxylic acids is 3. The molecule has 8 nitrogen and oxygen atoms in total. The number of carbonyl (C=O) groups is 3. The molecule has 1 aliphatic carbocycles. The van der Waals surface area contributed by atoms with Gasteiger partial charge in [-0.05, 0) is 43.7 Å². The second-order valence-corrected chi connectivity index (χ2v) is 7.94. The quantitative estimate of drug-likeness (QED) is 0.786. The van der Waals surface area contributed by atoms with Crippen molar-refractivity contribution in [1.82, 2.24) is 14.4 Å². The number of likely N-dealkylation sites (tertiary alicyclic amines) is 2. The first-order chi connectivity index (χ1) is 13.8.